The molecule has 0 aliphatic carbocycles. The van der Waals surface area contributed by atoms with E-state index in [1.54, 1.807) is 18.2 Å². The molecule has 1 amide bonds. The molecular weight excluding hydrogens is 266 g/mol. The Bertz CT molecular complexity index is 660. The summed E-state index contributed by atoms with van der Waals surface area (Å²) in [6.45, 7) is 0. The number of nitrogens with two attached hydrogens (primary N) is 1. The number of benzene rings is 2. The van der Waals surface area contributed by atoms with Gasteiger partial charge in [-0.1, -0.05) is 6.07 Å². The Balaban J connectivity index is 2.25. The molecule has 2 rings (SSSR count). The molecule has 2 aromatic carbocycles. The van der Waals surface area contributed by atoms with Gasteiger partial charge in [0, 0.05) is 5.56 Å². The van der Waals surface area contributed by atoms with Gasteiger partial charge in [0.15, 0.2) is 11.6 Å². The van der Waals surface area contributed by atoms with Gasteiger partial charge in [0.25, 0.3) is 5.91 Å². The SMILES string of the molecule is COc1cccc(C(=O)Nc2ccc(F)c(F)c2N)c1. The Hall–Kier alpha value is -2.63. The van der Waals surface area contributed by atoms with Crippen LogP contribution in [-0.4, -0.2) is 13.0 Å². The number of carbonyl (C=O) groups is 1. The van der Waals surface area contributed by atoms with E-state index in [-0.39, 0.29) is 5.69 Å². The fourth-order valence-corrected chi connectivity index (χ4v) is 1.63. The number of hydrogen-bond donors (Lipinski definition) is 2. The average Bonchev–Trinajstić information content (AvgIpc) is 2.48. The predicted octanol–water partition coefficient (Wildman–Crippen LogP) is 2.81. The van der Waals surface area contributed by atoms with Crippen molar-refractivity contribution in [2.75, 3.05) is 18.2 Å². The van der Waals surface area contributed by atoms with Crippen LogP contribution >= 0.6 is 0 Å². The Kier molecular flexibility index (Phi) is 3.84. The number of rotatable bonds is 3. The Labute approximate surface area is 114 Å². The minimum absolute atomic E-state index is 0.0109. The second kappa shape index (κ2) is 5.56. The van der Waals surface area contributed by atoms with Gasteiger partial charge < -0.3 is 15.8 Å². The molecule has 20 heavy (non-hydrogen) atoms. The third-order valence-electron chi connectivity index (χ3n) is 2.71. The molecule has 0 aromatic heterocycles. The van der Waals surface area contributed by atoms with Gasteiger partial charge in [0.05, 0.1) is 18.5 Å². The van der Waals surface area contributed by atoms with Crippen LogP contribution in [0.1, 0.15) is 10.4 Å². The van der Waals surface area contributed by atoms with Gasteiger partial charge in [-0.05, 0) is 30.3 Å². The third kappa shape index (κ3) is 2.69. The molecule has 3 N–H and O–H groups in total. The van der Waals surface area contributed by atoms with Gasteiger partial charge in [0.2, 0.25) is 0 Å². The van der Waals surface area contributed by atoms with Crippen LogP contribution in [0.4, 0.5) is 20.2 Å². The predicted molar refractivity (Wildman–Crippen MR) is 71.7 cm³/mol. The molecule has 4 nitrogen and oxygen atoms in total. The summed E-state index contributed by atoms with van der Waals surface area (Å²) in [7, 11) is 1.48. The highest BCUT2D eigenvalue weighted by atomic mass is 19.2. The summed E-state index contributed by atoms with van der Waals surface area (Å²) >= 11 is 0. The van der Waals surface area contributed by atoms with Crippen LogP contribution in [0.15, 0.2) is 36.4 Å². The van der Waals surface area contributed by atoms with Gasteiger partial charge >= 0.3 is 0 Å². The quantitative estimate of drug-likeness (QED) is 0.848. The van der Waals surface area contributed by atoms with Crippen molar-refractivity contribution in [2.24, 2.45) is 0 Å². The molecule has 0 saturated carbocycles. The molecule has 0 atom stereocenters. The van der Waals surface area contributed by atoms with E-state index in [1.807, 2.05) is 0 Å². The van der Waals surface area contributed by atoms with Gasteiger partial charge in [-0.25, -0.2) is 8.78 Å². The summed E-state index contributed by atoms with van der Waals surface area (Å²) in [5.41, 5.74) is 5.29. The Morgan fingerprint density at radius 3 is 2.70 bits per heavy atom. The van der Waals surface area contributed by atoms with E-state index in [0.717, 1.165) is 6.07 Å². The maximum absolute atomic E-state index is 13.3. The number of nitrogens with one attached hydrogen (secondary N) is 1. The van der Waals surface area contributed by atoms with E-state index >= 15 is 0 Å². The van der Waals surface area contributed by atoms with Gasteiger partial charge in [-0.15, -0.1) is 0 Å². The van der Waals surface area contributed by atoms with Crippen LogP contribution in [0.5, 0.6) is 5.75 Å². The first-order valence-corrected chi connectivity index (χ1v) is 5.72. The van der Waals surface area contributed by atoms with E-state index in [0.29, 0.717) is 11.3 Å². The summed E-state index contributed by atoms with van der Waals surface area (Å²) in [5, 5.41) is 2.42. The zero-order chi connectivity index (χ0) is 14.7. The first-order valence-electron chi connectivity index (χ1n) is 5.72. The van der Waals surface area contributed by atoms with Gasteiger partial charge in [-0.3, -0.25) is 4.79 Å². The molecule has 0 spiro atoms. The van der Waals surface area contributed by atoms with Crippen molar-refractivity contribution in [1.29, 1.82) is 0 Å². The van der Waals surface area contributed by atoms with Crippen molar-refractivity contribution in [3.05, 3.63) is 53.6 Å². The lowest BCUT2D eigenvalue weighted by Gasteiger charge is -2.10. The van der Waals surface area contributed by atoms with E-state index in [4.69, 9.17) is 10.5 Å². The van der Waals surface area contributed by atoms with E-state index in [1.165, 1.54) is 19.2 Å². The standard InChI is InChI=1S/C14H12F2N2O2/c1-20-9-4-2-3-8(7-9)14(19)18-11-6-5-10(15)12(16)13(11)17/h2-7H,17H2,1H3,(H,18,19). The van der Waals surface area contributed by atoms with Gasteiger partial charge in [-0.2, -0.15) is 0 Å². The molecule has 0 heterocycles. The summed E-state index contributed by atoms with van der Waals surface area (Å²) in [6.07, 6.45) is 0. The van der Waals surface area contributed by atoms with Crippen molar-refractivity contribution < 1.29 is 18.3 Å². The van der Waals surface area contributed by atoms with E-state index in [9.17, 15) is 13.6 Å². The molecular formula is C14H12F2N2O2. The van der Waals surface area contributed by atoms with Crippen LogP contribution in [0.2, 0.25) is 0 Å². The Morgan fingerprint density at radius 1 is 1.25 bits per heavy atom. The Morgan fingerprint density at radius 2 is 2.00 bits per heavy atom. The van der Waals surface area contributed by atoms with E-state index < -0.39 is 23.2 Å². The molecule has 0 aliphatic heterocycles. The highest BCUT2D eigenvalue weighted by Crippen LogP contribution is 2.24. The van der Waals surface area contributed by atoms with Crippen molar-refractivity contribution in [2.45, 2.75) is 0 Å². The second-order valence-electron chi connectivity index (χ2n) is 4.01. The smallest absolute Gasteiger partial charge is 0.255 e. The van der Waals surface area contributed by atoms with Crippen LogP contribution in [0.3, 0.4) is 0 Å². The monoisotopic (exact) mass is 278 g/mol. The number of carbonyl (C=O) groups excluding carboxylic acids is 1. The number of hydrogen-bond acceptors (Lipinski definition) is 3. The fourth-order valence-electron chi connectivity index (χ4n) is 1.63. The number of halogens is 2. The fraction of sp³-hybridized carbons (Fsp3) is 0.0714. The number of amides is 1. The topological polar surface area (TPSA) is 64.3 Å². The molecule has 0 fully saturated rings. The van der Waals surface area contributed by atoms with Crippen molar-refractivity contribution in [3.8, 4) is 5.75 Å². The number of ether oxygens (including phenoxy) is 1. The van der Waals surface area contributed by atoms with Crippen molar-refractivity contribution >= 4 is 17.3 Å². The summed E-state index contributed by atoms with van der Waals surface area (Å²) in [5.74, 6) is -2.24. The summed E-state index contributed by atoms with van der Waals surface area (Å²) in [4.78, 5) is 12.0. The lowest BCUT2D eigenvalue weighted by atomic mass is 10.2. The second-order valence-corrected chi connectivity index (χ2v) is 4.01. The van der Waals surface area contributed by atoms with Crippen LogP contribution < -0.4 is 15.8 Å². The minimum Gasteiger partial charge on any atom is -0.497 e. The molecule has 6 heteroatoms. The summed E-state index contributed by atoms with van der Waals surface area (Å²) < 4.78 is 31.2. The lowest BCUT2D eigenvalue weighted by molar-refractivity contribution is 0.102. The lowest BCUT2D eigenvalue weighted by Crippen LogP contribution is -2.14. The number of methoxy groups -OCH3 is 1. The van der Waals surface area contributed by atoms with Crippen LogP contribution in [0.25, 0.3) is 0 Å². The molecule has 0 radical (unpaired) electrons. The largest absolute Gasteiger partial charge is 0.497 e. The summed E-state index contributed by atoms with van der Waals surface area (Å²) in [6, 6.07) is 8.50. The zero-order valence-corrected chi connectivity index (χ0v) is 10.6. The first-order chi connectivity index (χ1) is 9.52. The first kappa shape index (κ1) is 13.8. The van der Waals surface area contributed by atoms with Gasteiger partial charge in [0.1, 0.15) is 5.75 Å². The maximum atomic E-state index is 13.3. The van der Waals surface area contributed by atoms with Crippen LogP contribution in [0, 0.1) is 11.6 Å². The molecule has 0 saturated heterocycles. The normalized spacial score (nSPS) is 10.2. The maximum Gasteiger partial charge on any atom is 0.255 e. The highest BCUT2D eigenvalue weighted by Gasteiger charge is 2.14. The highest BCUT2D eigenvalue weighted by molar-refractivity contribution is 6.05. The number of nitrogen functional groups attached to an aromatic ring is 1. The van der Waals surface area contributed by atoms with Crippen molar-refractivity contribution in [3.63, 3.8) is 0 Å². The molecule has 0 unspecified atom stereocenters. The van der Waals surface area contributed by atoms with Crippen LogP contribution in [-0.2, 0) is 0 Å². The molecule has 0 aliphatic rings. The van der Waals surface area contributed by atoms with Crippen molar-refractivity contribution in [1.82, 2.24) is 0 Å². The number of anilines is 2. The third-order valence-corrected chi connectivity index (χ3v) is 2.71. The molecule has 2 aromatic rings. The average molecular weight is 278 g/mol. The molecule has 0 bridgehead atoms. The zero-order valence-electron chi connectivity index (χ0n) is 10.6. The molecule has 104 valence electrons. The van der Waals surface area contributed by atoms with E-state index in [2.05, 4.69) is 5.32 Å². The minimum atomic E-state index is -1.19.